The number of hydrogen-bond acceptors (Lipinski definition) is 5. The fraction of sp³-hybridized carbons (Fsp3) is 0.200. The van der Waals surface area contributed by atoms with Gasteiger partial charge in [-0.1, -0.05) is 0 Å². The third-order valence-electron chi connectivity index (χ3n) is 1.17. The zero-order valence-corrected chi connectivity index (χ0v) is 6.63. The van der Waals surface area contributed by atoms with Crippen LogP contribution in [0.15, 0.2) is 12.3 Å². The predicted octanol–water partition coefficient (Wildman–Crippen LogP) is -0.786. The number of amides is 1. The maximum atomic E-state index is 10.9. The monoisotopic (exact) mass is 186 g/mol. The summed E-state index contributed by atoms with van der Waals surface area (Å²) in [5.74, 6) is -0.636. The number of carbonyl (C=O) groups is 1. The normalized spacial score (nSPS) is 9.62. The average molecular weight is 186 g/mol. The molecule has 8 nitrogen and oxygen atoms in total. The molecule has 13 heavy (non-hydrogen) atoms. The van der Waals surface area contributed by atoms with E-state index in [0.717, 1.165) is 6.20 Å². The number of aromatic nitrogens is 2. The molecule has 0 aromatic carbocycles. The second-order valence-electron chi connectivity index (χ2n) is 1.99. The molecule has 0 aliphatic heterocycles. The van der Waals surface area contributed by atoms with Crippen molar-refractivity contribution in [2.75, 3.05) is 7.11 Å². The number of nitro groups is 1. The van der Waals surface area contributed by atoms with E-state index in [1.807, 2.05) is 5.48 Å². The zero-order valence-electron chi connectivity index (χ0n) is 6.63. The smallest absolute Gasteiger partial charge is 0.321 e. The Bertz CT molecular complexity index is 333. The Morgan fingerprint density at radius 2 is 2.54 bits per heavy atom. The van der Waals surface area contributed by atoms with Crippen LogP contribution in [0.5, 0.6) is 0 Å². The van der Waals surface area contributed by atoms with Crippen molar-refractivity contribution < 1.29 is 14.7 Å². The number of hydroxylamine groups is 1. The van der Waals surface area contributed by atoms with Crippen LogP contribution in [0.4, 0.5) is 0 Å². The molecule has 70 valence electrons. The number of nitrogens with zero attached hydrogens (tertiary/aromatic N) is 3. The summed E-state index contributed by atoms with van der Waals surface area (Å²) < 4.78 is 0. The quantitative estimate of drug-likeness (QED) is 0.492. The number of carbonyl (C=O) groups excluding carboxylic acids is 1. The third-order valence-corrected chi connectivity index (χ3v) is 1.17. The summed E-state index contributed by atoms with van der Waals surface area (Å²) in [7, 11) is 1.25. The van der Waals surface area contributed by atoms with Crippen LogP contribution in [0.1, 0.15) is 10.5 Å². The van der Waals surface area contributed by atoms with Crippen molar-refractivity contribution in [1.29, 1.82) is 0 Å². The Balaban J connectivity index is 2.79. The minimum Gasteiger partial charge on any atom is -0.339 e. The van der Waals surface area contributed by atoms with Gasteiger partial charge < -0.3 is 10.1 Å². The van der Waals surface area contributed by atoms with Gasteiger partial charge in [-0.05, 0) is 0 Å². The van der Waals surface area contributed by atoms with Gasteiger partial charge >= 0.3 is 5.91 Å². The number of rotatable bonds is 3. The van der Waals surface area contributed by atoms with E-state index < -0.39 is 10.9 Å². The van der Waals surface area contributed by atoms with Crippen LogP contribution in [0.2, 0.25) is 0 Å². The first-order chi connectivity index (χ1) is 6.15. The molecule has 1 aromatic heterocycles. The Morgan fingerprint density at radius 3 is 3.00 bits per heavy atom. The minimum absolute atomic E-state index is 0.0847. The standard InChI is InChI=1S/C5H6N4O4/c1-13-7-5(10)4-2-3-8(6-4)9(11)12/h2-3H,1H3,(H,7,10). The molecule has 0 saturated carbocycles. The molecule has 0 radical (unpaired) electrons. The van der Waals surface area contributed by atoms with Crippen LogP contribution >= 0.6 is 0 Å². The van der Waals surface area contributed by atoms with Crippen molar-refractivity contribution in [1.82, 2.24) is 15.4 Å². The summed E-state index contributed by atoms with van der Waals surface area (Å²) in [6.07, 6.45) is 1.06. The largest absolute Gasteiger partial charge is 0.339 e. The van der Waals surface area contributed by atoms with Crippen molar-refractivity contribution in [3.05, 3.63) is 28.1 Å². The summed E-state index contributed by atoms with van der Waals surface area (Å²) in [4.78, 5) is 25.8. The van der Waals surface area contributed by atoms with E-state index in [0.29, 0.717) is 4.79 Å². The molecule has 0 fully saturated rings. The molecule has 1 N–H and O–H groups in total. The fourth-order valence-corrected chi connectivity index (χ4v) is 0.671. The fourth-order valence-electron chi connectivity index (χ4n) is 0.671. The van der Waals surface area contributed by atoms with Gasteiger partial charge in [-0.25, -0.2) is 5.48 Å². The molecule has 0 saturated heterocycles. The molecule has 0 spiro atoms. The molecule has 1 aromatic rings. The highest BCUT2D eigenvalue weighted by molar-refractivity contribution is 5.91. The SMILES string of the molecule is CONC(=O)c1ccn([N+](=O)[O-])n1. The van der Waals surface area contributed by atoms with Crippen LogP contribution in [-0.4, -0.2) is 27.9 Å². The van der Waals surface area contributed by atoms with E-state index in [1.54, 1.807) is 0 Å². The zero-order chi connectivity index (χ0) is 9.84. The van der Waals surface area contributed by atoms with Gasteiger partial charge in [0.15, 0.2) is 0 Å². The van der Waals surface area contributed by atoms with Crippen LogP contribution in [-0.2, 0) is 4.84 Å². The molecule has 0 atom stereocenters. The van der Waals surface area contributed by atoms with Gasteiger partial charge in [0.1, 0.15) is 6.20 Å². The van der Waals surface area contributed by atoms with E-state index in [1.165, 1.54) is 13.2 Å². The van der Waals surface area contributed by atoms with Crippen molar-refractivity contribution >= 4 is 5.91 Å². The van der Waals surface area contributed by atoms with E-state index >= 15 is 0 Å². The molecule has 1 heterocycles. The van der Waals surface area contributed by atoms with E-state index in [2.05, 4.69) is 9.94 Å². The van der Waals surface area contributed by atoms with Gasteiger partial charge in [0.05, 0.1) is 17.2 Å². The first-order valence-corrected chi connectivity index (χ1v) is 3.19. The maximum absolute atomic E-state index is 10.9. The maximum Gasteiger partial charge on any atom is 0.321 e. The highest BCUT2D eigenvalue weighted by atomic mass is 16.7. The Hall–Kier alpha value is -1.96. The molecule has 1 amide bonds. The van der Waals surface area contributed by atoms with Gasteiger partial charge in [-0.2, -0.15) is 0 Å². The first-order valence-electron chi connectivity index (χ1n) is 3.19. The molecule has 0 aliphatic carbocycles. The van der Waals surface area contributed by atoms with E-state index in [4.69, 9.17) is 0 Å². The highest BCUT2D eigenvalue weighted by Crippen LogP contribution is 1.94. The summed E-state index contributed by atoms with van der Waals surface area (Å²) in [5, 5.41) is 12.7. The topological polar surface area (TPSA) is 99.3 Å². The molecule has 0 aliphatic rings. The van der Waals surface area contributed by atoms with Crippen molar-refractivity contribution in [3.63, 3.8) is 0 Å². The molecular weight excluding hydrogens is 180 g/mol. The molecular formula is C5H6N4O4. The van der Waals surface area contributed by atoms with Crippen LogP contribution in [0.3, 0.4) is 0 Å². The van der Waals surface area contributed by atoms with Crippen LogP contribution < -0.4 is 5.48 Å². The second-order valence-corrected chi connectivity index (χ2v) is 1.99. The second kappa shape index (κ2) is 3.63. The summed E-state index contributed by atoms with van der Waals surface area (Å²) in [6.45, 7) is 0. The summed E-state index contributed by atoms with van der Waals surface area (Å²) >= 11 is 0. The highest BCUT2D eigenvalue weighted by Gasteiger charge is 2.16. The molecule has 8 heteroatoms. The molecule has 1 rings (SSSR count). The van der Waals surface area contributed by atoms with Crippen LogP contribution in [0.25, 0.3) is 0 Å². The van der Waals surface area contributed by atoms with Gasteiger partial charge in [-0.3, -0.25) is 9.63 Å². The van der Waals surface area contributed by atoms with Gasteiger partial charge in [0.2, 0.25) is 0 Å². The van der Waals surface area contributed by atoms with E-state index in [-0.39, 0.29) is 5.69 Å². The van der Waals surface area contributed by atoms with E-state index in [9.17, 15) is 14.9 Å². The van der Waals surface area contributed by atoms with Gasteiger partial charge in [0, 0.05) is 10.9 Å². The number of hydrogen-bond donors (Lipinski definition) is 1. The van der Waals surface area contributed by atoms with Crippen molar-refractivity contribution in [2.45, 2.75) is 0 Å². The Morgan fingerprint density at radius 1 is 1.85 bits per heavy atom. The lowest BCUT2D eigenvalue weighted by atomic mass is 10.4. The lowest BCUT2D eigenvalue weighted by Crippen LogP contribution is -2.23. The van der Waals surface area contributed by atoms with Crippen LogP contribution in [0, 0.1) is 10.1 Å². The lowest BCUT2D eigenvalue weighted by Gasteiger charge is -1.93. The third kappa shape index (κ3) is 1.99. The van der Waals surface area contributed by atoms with Crippen molar-refractivity contribution in [2.24, 2.45) is 0 Å². The first kappa shape index (κ1) is 9.13. The van der Waals surface area contributed by atoms with Gasteiger partial charge in [0.25, 0.3) is 5.69 Å². The summed E-state index contributed by atoms with van der Waals surface area (Å²) in [6, 6.07) is 1.21. The van der Waals surface area contributed by atoms with Gasteiger partial charge in [-0.15, -0.1) is 0 Å². The molecule has 0 unspecified atom stereocenters. The van der Waals surface area contributed by atoms with Crippen molar-refractivity contribution in [3.8, 4) is 0 Å². The number of nitrogens with one attached hydrogen (secondary N) is 1. The lowest BCUT2D eigenvalue weighted by molar-refractivity contribution is -0.552. The predicted molar refractivity (Wildman–Crippen MR) is 39.1 cm³/mol. The Kier molecular flexibility index (Phi) is 2.55. The minimum atomic E-state index is -0.760. The average Bonchev–Trinajstić information content (AvgIpc) is 2.52. The molecule has 0 bridgehead atoms. The summed E-state index contributed by atoms with van der Waals surface area (Å²) in [5.41, 5.74) is 1.89. The Labute approximate surface area is 72.2 Å².